The molecule has 0 bridgehead atoms. The van der Waals surface area contributed by atoms with E-state index in [0.717, 1.165) is 0 Å². The van der Waals surface area contributed by atoms with Gasteiger partial charge in [-0.2, -0.15) is 9.57 Å². The molecule has 0 spiro atoms. The van der Waals surface area contributed by atoms with Crippen LogP contribution < -0.4 is 5.32 Å². The highest BCUT2D eigenvalue weighted by atomic mass is 32.2. The molecule has 1 atom stereocenters. The summed E-state index contributed by atoms with van der Waals surface area (Å²) in [5.41, 5.74) is 1.24. The van der Waals surface area contributed by atoms with Crippen LogP contribution in [0.1, 0.15) is 42.6 Å². The highest BCUT2D eigenvalue weighted by Gasteiger charge is 2.34. The van der Waals surface area contributed by atoms with Gasteiger partial charge >= 0.3 is 5.97 Å². The number of nitrogens with one attached hydrogen (secondary N) is 1. The molecule has 0 aromatic heterocycles. The van der Waals surface area contributed by atoms with Crippen LogP contribution in [0.4, 0.5) is 5.69 Å². The van der Waals surface area contributed by atoms with E-state index in [1.807, 2.05) is 6.07 Å². The van der Waals surface area contributed by atoms with Gasteiger partial charge < -0.3 is 10.1 Å². The molecular formula is C24H25N3O6S. The molecule has 0 saturated carbocycles. The van der Waals surface area contributed by atoms with E-state index in [0.29, 0.717) is 16.8 Å². The number of amides is 1. The van der Waals surface area contributed by atoms with Crippen molar-refractivity contribution in [3.05, 3.63) is 59.7 Å². The first kappa shape index (κ1) is 25.1. The lowest BCUT2D eigenvalue weighted by Gasteiger charge is -2.30. The third-order valence-corrected chi connectivity index (χ3v) is 7.50. The van der Waals surface area contributed by atoms with Crippen LogP contribution in [0.25, 0.3) is 0 Å². The Bertz CT molecular complexity index is 1230. The van der Waals surface area contributed by atoms with Crippen molar-refractivity contribution in [1.82, 2.24) is 4.31 Å². The topological polar surface area (TPSA) is 134 Å². The number of rotatable bonds is 7. The molecule has 178 valence electrons. The molecule has 0 radical (unpaired) electrons. The number of nitrogens with zero attached hydrogens (tertiary/aromatic N) is 2. The Hall–Kier alpha value is -3.55. The first-order valence-electron chi connectivity index (χ1n) is 10.7. The van der Waals surface area contributed by atoms with Crippen molar-refractivity contribution in [2.45, 2.75) is 37.7 Å². The van der Waals surface area contributed by atoms with E-state index in [-0.39, 0.29) is 36.6 Å². The van der Waals surface area contributed by atoms with E-state index in [1.165, 1.54) is 36.4 Å². The lowest BCUT2D eigenvalue weighted by Crippen LogP contribution is -2.41. The fourth-order valence-corrected chi connectivity index (χ4v) is 5.07. The average molecular weight is 484 g/mol. The van der Waals surface area contributed by atoms with Crippen LogP contribution in [-0.2, 0) is 24.3 Å². The molecule has 1 N–H and O–H groups in total. The summed E-state index contributed by atoms with van der Waals surface area (Å²) in [4.78, 5) is 36.5. The van der Waals surface area contributed by atoms with Gasteiger partial charge in [0.15, 0.2) is 11.9 Å². The fraction of sp³-hybridized carbons (Fsp3) is 0.333. The number of ether oxygens (including phenoxy) is 1. The van der Waals surface area contributed by atoms with Crippen LogP contribution in [0.3, 0.4) is 0 Å². The van der Waals surface area contributed by atoms with Crippen LogP contribution in [0, 0.1) is 17.2 Å². The molecule has 9 nitrogen and oxygen atoms in total. The summed E-state index contributed by atoms with van der Waals surface area (Å²) in [6.07, 6.45) is -0.526. The minimum atomic E-state index is -3.80. The summed E-state index contributed by atoms with van der Waals surface area (Å²) in [6, 6.07) is 14.1. The molecule has 1 aliphatic heterocycles. The first-order chi connectivity index (χ1) is 16.1. The third-order valence-electron chi connectivity index (χ3n) is 5.61. The SMILES string of the molecule is CC(=O)c1cccc(S(=O)(=O)N2CCC(C(=O)O[C@@H](C)C(=O)Nc3ccc(C#N)cc3)CC2)c1. The predicted molar refractivity (Wildman–Crippen MR) is 123 cm³/mol. The molecule has 1 heterocycles. The second kappa shape index (κ2) is 10.6. The van der Waals surface area contributed by atoms with Crippen molar-refractivity contribution < 1.29 is 27.5 Å². The minimum absolute atomic E-state index is 0.0364. The Morgan fingerprint density at radius 3 is 2.35 bits per heavy atom. The summed E-state index contributed by atoms with van der Waals surface area (Å²) >= 11 is 0. The number of hydrogen-bond acceptors (Lipinski definition) is 7. The summed E-state index contributed by atoms with van der Waals surface area (Å²) in [5.74, 6) is -1.82. The number of benzene rings is 2. The van der Waals surface area contributed by atoms with Crippen LogP contribution in [-0.4, -0.2) is 49.6 Å². The van der Waals surface area contributed by atoms with Crippen LogP contribution >= 0.6 is 0 Å². The fourth-order valence-electron chi connectivity index (χ4n) is 3.55. The molecule has 1 amide bonds. The maximum absolute atomic E-state index is 12.9. The Morgan fingerprint density at radius 1 is 1.12 bits per heavy atom. The zero-order valence-corrected chi connectivity index (χ0v) is 19.7. The van der Waals surface area contributed by atoms with E-state index in [9.17, 15) is 22.8 Å². The Morgan fingerprint density at radius 2 is 1.76 bits per heavy atom. The number of anilines is 1. The number of hydrogen-bond donors (Lipinski definition) is 1. The van der Waals surface area contributed by atoms with E-state index in [4.69, 9.17) is 10.00 Å². The Labute approximate surface area is 198 Å². The molecular weight excluding hydrogens is 458 g/mol. The molecule has 0 unspecified atom stereocenters. The van der Waals surface area contributed by atoms with Crippen molar-refractivity contribution in [1.29, 1.82) is 5.26 Å². The molecule has 2 aromatic carbocycles. The van der Waals surface area contributed by atoms with Gasteiger partial charge in [0.05, 0.1) is 22.4 Å². The van der Waals surface area contributed by atoms with Gasteiger partial charge in [-0.1, -0.05) is 12.1 Å². The molecule has 3 rings (SSSR count). The van der Waals surface area contributed by atoms with Crippen molar-refractivity contribution in [2.24, 2.45) is 5.92 Å². The molecule has 1 saturated heterocycles. The molecule has 1 aliphatic rings. The number of esters is 1. The molecule has 34 heavy (non-hydrogen) atoms. The Kier molecular flexibility index (Phi) is 7.81. The van der Waals surface area contributed by atoms with Gasteiger partial charge in [-0.25, -0.2) is 8.42 Å². The predicted octanol–water partition coefficient (Wildman–Crippen LogP) is 2.73. The van der Waals surface area contributed by atoms with Crippen LogP contribution in [0.2, 0.25) is 0 Å². The normalized spacial score (nSPS) is 15.7. The average Bonchev–Trinajstić information content (AvgIpc) is 2.84. The standard InChI is InChI=1S/C24H25N3O6S/c1-16(28)20-4-3-5-22(14-20)34(31,32)27-12-10-19(11-13-27)24(30)33-17(2)23(29)26-21-8-6-18(15-25)7-9-21/h3-9,14,17,19H,10-13H2,1-2H3,(H,26,29)/t17-/m0/s1. The summed E-state index contributed by atoms with van der Waals surface area (Å²) < 4.78 is 32.5. The molecule has 0 aliphatic carbocycles. The maximum atomic E-state index is 12.9. The summed E-state index contributed by atoms with van der Waals surface area (Å²) in [6.45, 7) is 3.07. The van der Waals surface area contributed by atoms with Gasteiger partial charge in [0, 0.05) is 24.3 Å². The number of ketones is 1. The minimum Gasteiger partial charge on any atom is -0.452 e. The van der Waals surface area contributed by atoms with Gasteiger partial charge in [-0.15, -0.1) is 0 Å². The number of piperidine rings is 1. The van der Waals surface area contributed by atoms with Crippen LogP contribution in [0.5, 0.6) is 0 Å². The van der Waals surface area contributed by atoms with Crippen molar-refractivity contribution >= 4 is 33.4 Å². The van der Waals surface area contributed by atoms with Crippen molar-refractivity contribution in [2.75, 3.05) is 18.4 Å². The summed E-state index contributed by atoms with van der Waals surface area (Å²) in [5, 5.41) is 11.4. The Balaban J connectivity index is 1.54. The van der Waals surface area contributed by atoms with Crippen molar-refractivity contribution in [3.8, 4) is 6.07 Å². The van der Waals surface area contributed by atoms with Crippen LogP contribution in [0.15, 0.2) is 53.4 Å². The van der Waals surface area contributed by atoms with Gasteiger partial charge in [-0.05, 0) is 63.1 Å². The van der Waals surface area contributed by atoms with E-state index >= 15 is 0 Å². The quantitative estimate of drug-likeness (QED) is 0.473. The van der Waals surface area contributed by atoms with Gasteiger partial charge in [0.2, 0.25) is 10.0 Å². The lowest BCUT2D eigenvalue weighted by atomic mass is 9.98. The van der Waals surface area contributed by atoms with E-state index in [2.05, 4.69) is 5.32 Å². The lowest BCUT2D eigenvalue weighted by molar-refractivity contribution is -0.158. The van der Waals surface area contributed by atoms with Gasteiger partial charge in [-0.3, -0.25) is 14.4 Å². The zero-order valence-electron chi connectivity index (χ0n) is 18.9. The van der Waals surface area contributed by atoms with E-state index < -0.39 is 33.9 Å². The van der Waals surface area contributed by atoms with Gasteiger partial charge in [0.25, 0.3) is 5.91 Å². The number of Topliss-reactive ketones (excluding diaryl/α,β-unsaturated/α-hetero) is 1. The van der Waals surface area contributed by atoms with E-state index in [1.54, 1.807) is 30.3 Å². The third kappa shape index (κ3) is 5.87. The smallest absolute Gasteiger partial charge is 0.309 e. The number of sulfonamides is 1. The highest BCUT2D eigenvalue weighted by Crippen LogP contribution is 2.25. The number of carbonyl (C=O) groups is 3. The summed E-state index contributed by atoms with van der Waals surface area (Å²) in [7, 11) is -3.80. The second-order valence-electron chi connectivity index (χ2n) is 8.02. The number of nitriles is 1. The zero-order chi connectivity index (χ0) is 24.9. The molecule has 2 aromatic rings. The first-order valence-corrected chi connectivity index (χ1v) is 12.2. The van der Waals surface area contributed by atoms with Gasteiger partial charge in [0.1, 0.15) is 0 Å². The van der Waals surface area contributed by atoms with Crippen molar-refractivity contribution in [3.63, 3.8) is 0 Å². The molecule has 1 fully saturated rings. The molecule has 10 heteroatoms. The number of carbonyl (C=O) groups excluding carboxylic acids is 3. The largest absolute Gasteiger partial charge is 0.452 e. The second-order valence-corrected chi connectivity index (χ2v) is 9.96. The monoisotopic (exact) mass is 483 g/mol. The highest BCUT2D eigenvalue weighted by molar-refractivity contribution is 7.89. The maximum Gasteiger partial charge on any atom is 0.309 e.